The molecule has 0 bridgehead atoms. The topological polar surface area (TPSA) is 29.1 Å². The maximum absolute atomic E-state index is 11.1. The van der Waals surface area contributed by atoms with Crippen LogP contribution in [0.2, 0.25) is 0 Å². The molecule has 1 rings (SSSR count). The minimum atomic E-state index is -0.00444. The number of likely N-dealkylation sites (N-methyl/N-ethyl adjacent to an activating group) is 1. The summed E-state index contributed by atoms with van der Waals surface area (Å²) in [7, 11) is 1.83. The summed E-state index contributed by atoms with van der Waals surface area (Å²) in [4.78, 5) is 11.1. The van der Waals surface area contributed by atoms with Crippen LogP contribution >= 0.6 is 0 Å². The molecule has 2 heteroatoms. The zero-order valence-corrected chi connectivity index (χ0v) is 8.79. The van der Waals surface area contributed by atoms with E-state index in [1.807, 2.05) is 25.2 Å². The number of carbonyl (C=O) groups is 1. The summed E-state index contributed by atoms with van der Waals surface area (Å²) < 4.78 is 0. The Morgan fingerprint density at radius 1 is 1.36 bits per heavy atom. The molecule has 0 radical (unpaired) electrons. The number of benzene rings is 1. The highest BCUT2D eigenvalue weighted by Gasteiger charge is 2.10. The first-order valence-corrected chi connectivity index (χ1v) is 4.95. The van der Waals surface area contributed by atoms with Gasteiger partial charge in [0.1, 0.15) is 5.78 Å². The van der Waals surface area contributed by atoms with Crippen molar-refractivity contribution in [3.8, 4) is 0 Å². The van der Waals surface area contributed by atoms with Gasteiger partial charge in [0.05, 0.1) is 6.04 Å². The van der Waals surface area contributed by atoms with Crippen LogP contribution in [0.15, 0.2) is 30.3 Å². The van der Waals surface area contributed by atoms with E-state index < -0.39 is 0 Å². The number of ketones is 1. The van der Waals surface area contributed by atoms with Gasteiger partial charge in [0.25, 0.3) is 0 Å². The summed E-state index contributed by atoms with van der Waals surface area (Å²) in [6.45, 7) is 1.63. The zero-order valence-electron chi connectivity index (χ0n) is 8.79. The molecule has 0 aliphatic rings. The molecule has 1 N–H and O–H groups in total. The molecule has 1 aromatic rings. The van der Waals surface area contributed by atoms with Crippen molar-refractivity contribution in [3.63, 3.8) is 0 Å². The van der Waals surface area contributed by atoms with Crippen LogP contribution in [0.3, 0.4) is 0 Å². The van der Waals surface area contributed by atoms with Crippen molar-refractivity contribution in [3.05, 3.63) is 35.9 Å². The van der Waals surface area contributed by atoms with Gasteiger partial charge in [-0.25, -0.2) is 0 Å². The SMILES string of the molecule is CN[C@H](CCc1ccccc1)C(C)=O. The standard InChI is InChI=1S/C12H17NO/c1-10(14)12(13-2)9-8-11-6-4-3-5-7-11/h3-7,12-13H,8-9H2,1-2H3/t12-/m1/s1. The van der Waals surface area contributed by atoms with E-state index in [0.717, 1.165) is 12.8 Å². The van der Waals surface area contributed by atoms with Gasteiger partial charge in [-0.2, -0.15) is 0 Å². The Labute approximate surface area is 85.3 Å². The van der Waals surface area contributed by atoms with Gasteiger partial charge in [0.15, 0.2) is 0 Å². The Kier molecular flexibility index (Phi) is 4.33. The van der Waals surface area contributed by atoms with E-state index in [2.05, 4.69) is 17.4 Å². The maximum atomic E-state index is 11.1. The summed E-state index contributed by atoms with van der Waals surface area (Å²) in [5.74, 6) is 0.212. The van der Waals surface area contributed by atoms with Gasteiger partial charge in [-0.1, -0.05) is 30.3 Å². The number of carbonyl (C=O) groups excluding carboxylic acids is 1. The average molecular weight is 191 g/mol. The third-order valence-electron chi connectivity index (χ3n) is 2.40. The molecule has 0 unspecified atom stereocenters. The number of rotatable bonds is 5. The summed E-state index contributed by atoms with van der Waals surface area (Å²) in [5.41, 5.74) is 1.29. The lowest BCUT2D eigenvalue weighted by Crippen LogP contribution is -2.32. The summed E-state index contributed by atoms with van der Waals surface area (Å²) in [6, 6.07) is 10.2. The minimum Gasteiger partial charge on any atom is -0.311 e. The normalized spacial score (nSPS) is 12.4. The summed E-state index contributed by atoms with van der Waals surface area (Å²) in [5, 5.41) is 3.02. The van der Waals surface area contributed by atoms with Crippen molar-refractivity contribution in [1.29, 1.82) is 0 Å². The van der Waals surface area contributed by atoms with E-state index in [1.165, 1.54) is 5.56 Å². The predicted octanol–water partition coefficient (Wildman–Crippen LogP) is 1.80. The van der Waals surface area contributed by atoms with E-state index in [4.69, 9.17) is 0 Å². The lowest BCUT2D eigenvalue weighted by atomic mass is 10.0. The van der Waals surface area contributed by atoms with Gasteiger partial charge >= 0.3 is 0 Å². The van der Waals surface area contributed by atoms with Crippen LogP contribution in [0.4, 0.5) is 0 Å². The zero-order chi connectivity index (χ0) is 10.4. The van der Waals surface area contributed by atoms with Gasteiger partial charge in [0.2, 0.25) is 0 Å². The third-order valence-corrected chi connectivity index (χ3v) is 2.40. The van der Waals surface area contributed by atoms with Gasteiger partial charge in [-0.3, -0.25) is 4.79 Å². The van der Waals surface area contributed by atoms with Crippen LogP contribution in [-0.2, 0) is 11.2 Å². The highest BCUT2D eigenvalue weighted by molar-refractivity contribution is 5.81. The van der Waals surface area contributed by atoms with Crippen molar-refractivity contribution >= 4 is 5.78 Å². The molecule has 0 saturated carbocycles. The number of hydrogen-bond acceptors (Lipinski definition) is 2. The lowest BCUT2D eigenvalue weighted by molar-refractivity contribution is -0.119. The van der Waals surface area contributed by atoms with Crippen molar-refractivity contribution in [2.75, 3.05) is 7.05 Å². The number of hydrogen-bond donors (Lipinski definition) is 1. The maximum Gasteiger partial charge on any atom is 0.146 e. The molecule has 0 aromatic heterocycles. The van der Waals surface area contributed by atoms with E-state index in [9.17, 15) is 4.79 Å². The van der Waals surface area contributed by atoms with Crippen LogP contribution in [0, 0.1) is 0 Å². The Balaban J connectivity index is 2.44. The molecule has 14 heavy (non-hydrogen) atoms. The first-order chi connectivity index (χ1) is 6.74. The fraction of sp³-hybridized carbons (Fsp3) is 0.417. The van der Waals surface area contributed by atoms with Crippen molar-refractivity contribution < 1.29 is 4.79 Å². The second-order valence-electron chi connectivity index (χ2n) is 3.48. The highest BCUT2D eigenvalue weighted by atomic mass is 16.1. The molecule has 2 nitrogen and oxygen atoms in total. The van der Waals surface area contributed by atoms with Gasteiger partial charge < -0.3 is 5.32 Å². The van der Waals surface area contributed by atoms with Crippen LogP contribution < -0.4 is 5.32 Å². The first-order valence-electron chi connectivity index (χ1n) is 4.95. The summed E-state index contributed by atoms with van der Waals surface area (Å²) in [6.07, 6.45) is 1.82. The number of aryl methyl sites for hydroxylation is 1. The monoisotopic (exact) mass is 191 g/mol. The van der Waals surface area contributed by atoms with E-state index in [1.54, 1.807) is 6.92 Å². The largest absolute Gasteiger partial charge is 0.311 e. The number of nitrogens with one attached hydrogen (secondary N) is 1. The Morgan fingerprint density at radius 2 is 2.00 bits per heavy atom. The van der Waals surface area contributed by atoms with Crippen LogP contribution in [0.5, 0.6) is 0 Å². The molecule has 0 amide bonds. The molecule has 0 aliphatic heterocycles. The number of Topliss-reactive ketones (excluding diaryl/α,β-unsaturated/α-hetero) is 1. The average Bonchev–Trinajstić information content (AvgIpc) is 2.20. The van der Waals surface area contributed by atoms with Gasteiger partial charge in [0, 0.05) is 0 Å². The van der Waals surface area contributed by atoms with Crippen LogP contribution in [0.1, 0.15) is 18.9 Å². The molecule has 0 fully saturated rings. The smallest absolute Gasteiger partial charge is 0.146 e. The highest BCUT2D eigenvalue weighted by Crippen LogP contribution is 2.05. The fourth-order valence-electron chi connectivity index (χ4n) is 1.51. The fourth-order valence-corrected chi connectivity index (χ4v) is 1.51. The molecule has 0 aliphatic carbocycles. The van der Waals surface area contributed by atoms with Crippen LogP contribution in [0.25, 0.3) is 0 Å². The second kappa shape index (κ2) is 5.55. The molecule has 0 heterocycles. The molecule has 1 atom stereocenters. The minimum absolute atomic E-state index is 0.00444. The molecule has 0 spiro atoms. The molecular formula is C12H17NO. The molecule has 1 aromatic carbocycles. The van der Waals surface area contributed by atoms with Crippen molar-refractivity contribution in [1.82, 2.24) is 5.32 Å². The molecule has 76 valence electrons. The van der Waals surface area contributed by atoms with E-state index in [0.29, 0.717) is 0 Å². The Morgan fingerprint density at radius 3 is 2.50 bits per heavy atom. The van der Waals surface area contributed by atoms with Crippen LogP contribution in [-0.4, -0.2) is 18.9 Å². The van der Waals surface area contributed by atoms with E-state index in [-0.39, 0.29) is 11.8 Å². The quantitative estimate of drug-likeness (QED) is 0.769. The Hall–Kier alpha value is -1.15. The van der Waals surface area contributed by atoms with E-state index >= 15 is 0 Å². The van der Waals surface area contributed by atoms with Gasteiger partial charge in [-0.15, -0.1) is 0 Å². The molecule has 0 saturated heterocycles. The molecular weight excluding hydrogens is 174 g/mol. The second-order valence-corrected chi connectivity index (χ2v) is 3.48. The Bertz CT molecular complexity index is 282. The predicted molar refractivity (Wildman–Crippen MR) is 58.3 cm³/mol. The van der Waals surface area contributed by atoms with Crippen molar-refractivity contribution in [2.45, 2.75) is 25.8 Å². The van der Waals surface area contributed by atoms with Gasteiger partial charge in [-0.05, 0) is 32.4 Å². The summed E-state index contributed by atoms with van der Waals surface area (Å²) >= 11 is 0. The third kappa shape index (κ3) is 3.30. The lowest BCUT2D eigenvalue weighted by Gasteiger charge is -2.11. The van der Waals surface area contributed by atoms with Crippen molar-refractivity contribution in [2.24, 2.45) is 0 Å². The first kappa shape index (κ1) is 10.9.